The van der Waals surface area contributed by atoms with Gasteiger partial charge in [-0.2, -0.15) is 0 Å². The molecule has 15 heavy (non-hydrogen) atoms. The summed E-state index contributed by atoms with van der Waals surface area (Å²) in [4.78, 5) is 2.45. The van der Waals surface area contributed by atoms with Crippen LogP contribution in [0.1, 0.15) is 39.5 Å². The van der Waals surface area contributed by atoms with E-state index in [1.54, 1.807) is 0 Å². The van der Waals surface area contributed by atoms with Gasteiger partial charge in [-0.1, -0.05) is 12.1 Å². The van der Waals surface area contributed by atoms with Gasteiger partial charge in [-0.05, 0) is 45.2 Å². The molecule has 0 aliphatic carbocycles. The fourth-order valence-electron chi connectivity index (χ4n) is 2.20. The van der Waals surface area contributed by atoms with Gasteiger partial charge in [-0.15, -0.1) is 0 Å². The molecule has 0 spiro atoms. The topological polar surface area (TPSA) is 61.8 Å². The van der Waals surface area contributed by atoms with E-state index in [1.165, 1.54) is 19.3 Å². The molecule has 2 atom stereocenters. The van der Waals surface area contributed by atoms with Crippen LogP contribution in [0.3, 0.4) is 0 Å². The smallest absolute Gasteiger partial charge is 0.140 e. The Bertz CT molecular complexity index is 218. The van der Waals surface area contributed by atoms with Crippen LogP contribution in [-0.4, -0.2) is 35.1 Å². The number of hydrogen-bond donors (Lipinski definition) is 2. The lowest BCUT2D eigenvalue weighted by atomic mass is 10.0. The number of hydrogen-bond acceptors (Lipinski definition) is 3. The zero-order chi connectivity index (χ0) is 11.3. The molecule has 0 aromatic rings. The molecule has 0 saturated carbocycles. The number of rotatable bonds is 3. The van der Waals surface area contributed by atoms with E-state index < -0.39 is 0 Å². The SMILES string of the molecule is CC1CCCN(C(C)CC(N)=NO)CC1. The summed E-state index contributed by atoms with van der Waals surface area (Å²) in [5.41, 5.74) is 5.52. The van der Waals surface area contributed by atoms with E-state index in [0.29, 0.717) is 18.3 Å². The lowest BCUT2D eigenvalue weighted by Gasteiger charge is -2.27. The van der Waals surface area contributed by atoms with E-state index in [1.807, 2.05) is 0 Å². The first kappa shape index (κ1) is 12.3. The fourth-order valence-corrected chi connectivity index (χ4v) is 2.20. The number of nitrogens with two attached hydrogens (primary N) is 1. The third kappa shape index (κ3) is 4.08. The third-order valence-electron chi connectivity index (χ3n) is 3.31. The standard InChI is InChI=1S/C11H23N3O/c1-9-4-3-6-14(7-5-9)10(2)8-11(12)13-15/h9-10,15H,3-8H2,1-2H3,(H2,12,13). The van der Waals surface area contributed by atoms with Crippen molar-refractivity contribution in [1.82, 2.24) is 4.90 Å². The van der Waals surface area contributed by atoms with Gasteiger partial charge in [0, 0.05) is 12.5 Å². The summed E-state index contributed by atoms with van der Waals surface area (Å²) in [7, 11) is 0. The highest BCUT2D eigenvalue weighted by molar-refractivity contribution is 5.80. The van der Waals surface area contributed by atoms with E-state index in [9.17, 15) is 0 Å². The molecule has 0 radical (unpaired) electrons. The molecule has 2 unspecified atom stereocenters. The molecule has 4 heteroatoms. The maximum atomic E-state index is 8.52. The van der Waals surface area contributed by atoms with Crippen molar-refractivity contribution in [2.75, 3.05) is 13.1 Å². The van der Waals surface area contributed by atoms with Crippen molar-refractivity contribution in [3.8, 4) is 0 Å². The van der Waals surface area contributed by atoms with Crippen LogP contribution in [0.15, 0.2) is 5.16 Å². The van der Waals surface area contributed by atoms with Crippen LogP contribution in [-0.2, 0) is 0 Å². The summed E-state index contributed by atoms with van der Waals surface area (Å²) < 4.78 is 0. The molecular formula is C11H23N3O. The average molecular weight is 213 g/mol. The van der Waals surface area contributed by atoms with Crippen molar-refractivity contribution < 1.29 is 5.21 Å². The number of likely N-dealkylation sites (tertiary alicyclic amines) is 1. The van der Waals surface area contributed by atoms with Crippen LogP contribution in [0.2, 0.25) is 0 Å². The monoisotopic (exact) mass is 213 g/mol. The molecule has 1 aliphatic heterocycles. The zero-order valence-corrected chi connectivity index (χ0v) is 9.82. The largest absolute Gasteiger partial charge is 0.409 e. The Balaban J connectivity index is 2.41. The molecule has 3 N–H and O–H groups in total. The van der Waals surface area contributed by atoms with Gasteiger partial charge >= 0.3 is 0 Å². The third-order valence-corrected chi connectivity index (χ3v) is 3.31. The first-order chi connectivity index (χ1) is 7.13. The second-order valence-corrected chi connectivity index (χ2v) is 4.72. The van der Waals surface area contributed by atoms with Crippen LogP contribution in [0, 0.1) is 5.92 Å². The summed E-state index contributed by atoms with van der Waals surface area (Å²) in [5.74, 6) is 1.17. The predicted octanol–water partition coefficient (Wildman–Crippen LogP) is 1.63. The predicted molar refractivity (Wildman–Crippen MR) is 62.1 cm³/mol. The van der Waals surface area contributed by atoms with Crippen molar-refractivity contribution in [3.05, 3.63) is 0 Å². The van der Waals surface area contributed by atoms with E-state index in [2.05, 4.69) is 23.9 Å². The molecule has 0 aromatic carbocycles. The Labute approximate surface area is 92.1 Å². The quantitative estimate of drug-likeness (QED) is 0.324. The first-order valence-corrected chi connectivity index (χ1v) is 5.84. The van der Waals surface area contributed by atoms with Gasteiger partial charge in [0.05, 0.1) is 0 Å². The summed E-state index contributed by atoms with van der Waals surface area (Å²) >= 11 is 0. The average Bonchev–Trinajstić information content (AvgIpc) is 2.42. The van der Waals surface area contributed by atoms with E-state index in [0.717, 1.165) is 19.0 Å². The highest BCUT2D eigenvalue weighted by atomic mass is 16.4. The van der Waals surface area contributed by atoms with Gasteiger partial charge in [0.25, 0.3) is 0 Å². The van der Waals surface area contributed by atoms with Gasteiger partial charge in [-0.3, -0.25) is 0 Å². The van der Waals surface area contributed by atoms with Crippen LogP contribution >= 0.6 is 0 Å². The second kappa shape index (κ2) is 5.95. The number of nitrogens with zero attached hydrogens (tertiary/aromatic N) is 2. The highest BCUT2D eigenvalue weighted by Gasteiger charge is 2.19. The Morgan fingerprint density at radius 1 is 1.53 bits per heavy atom. The summed E-state index contributed by atoms with van der Waals surface area (Å²) in [6, 6.07) is 0.381. The molecule has 0 bridgehead atoms. The van der Waals surface area contributed by atoms with Crippen LogP contribution in [0.5, 0.6) is 0 Å². The minimum atomic E-state index is 0.333. The van der Waals surface area contributed by atoms with Crippen molar-refractivity contribution >= 4 is 5.84 Å². The van der Waals surface area contributed by atoms with Crippen LogP contribution < -0.4 is 5.73 Å². The van der Waals surface area contributed by atoms with E-state index in [-0.39, 0.29) is 0 Å². The van der Waals surface area contributed by atoms with E-state index >= 15 is 0 Å². The lowest BCUT2D eigenvalue weighted by molar-refractivity contribution is 0.217. The Kier molecular flexibility index (Phi) is 4.88. The number of oxime groups is 1. The Morgan fingerprint density at radius 3 is 2.93 bits per heavy atom. The van der Waals surface area contributed by atoms with Gasteiger partial charge in [0.1, 0.15) is 5.84 Å². The van der Waals surface area contributed by atoms with E-state index in [4.69, 9.17) is 10.9 Å². The second-order valence-electron chi connectivity index (χ2n) is 4.72. The van der Waals surface area contributed by atoms with Gasteiger partial charge in [0.2, 0.25) is 0 Å². The van der Waals surface area contributed by atoms with Gasteiger partial charge < -0.3 is 15.8 Å². The molecule has 1 fully saturated rings. The van der Waals surface area contributed by atoms with Gasteiger partial charge in [0.15, 0.2) is 0 Å². The minimum absolute atomic E-state index is 0.333. The maximum absolute atomic E-state index is 8.52. The van der Waals surface area contributed by atoms with Crippen LogP contribution in [0.4, 0.5) is 0 Å². The van der Waals surface area contributed by atoms with Crippen molar-refractivity contribution in [2.45, 2.75) is 45.6 Å². The zero-order valence-electron chi connectivity index (χ0n) is 9.82. The van der Waals surface area contributed by atoms with Gasteiger partial charge in [-0.25, -0.2) is 0 Å². The summed E-state index contributed by atoms with van der Waals surface area (Å²) in [5, 5.41) is 11.6. The first-order valence-electron chi connectivity index (χ1n) is 5.84. The highest BCUT2D eigenvalue weighted by Crippen LogP contribution is 2.18. The summed E-state index contributed by atoms with van der Waals surface area (Å²) in [6.07, 6.45) is 4.51. The fraction of sp³-hybridized carbons (Fsp3) is 0.909. The molecule has 1 saturated heterocycles. The molecule has 1 aliphatic rings. The molecule has 1 heterocycles. The molecule has 0 amide bonds. The Hall–Kier alpha value is -0.770. The molecular weight excluding hydrogens is 190 g/mol. The molecule has 0 aromatic heterocycles. The van der Waals surface area contributed by atoms with Crippen molar-refractivity contribution in [1.29, 1.82) is 0 Å². The molecule has 4 nitrogen and oxygen atoms in total. The van der Waals surface area contributed by atoms with Crippen molar-refractivity contribution in [2.24, 2.45) is 16.8 Å². The lowest BCUT2D eigenvalue weighted by Crippen LogP contribution is -2.37. The molecule has 1 rings (SSSR count). The minimum Gasteiger partial charge on any atom is -0.409 e. The molecule has 88 valence electrons. The Morgan fingerprint density at radius 2 is 2.27 bits per heavy atom. The van der Waals surface area contributed by atoms with Crippen molar-refractivity contribution in [3.63, 3.8) is 0 Å². The summed E-state index contributed by atoms with van der Waals surface area (Å²) in [6.45, 7) is 6.75. The van der Waals surface area contributed by atoms with Crippen LogP contribution in [0.25, 0.3) is 0 Å². The number of amidine groups is 1. The normalized spacial score (nSPS) is 27.3. The maximum Gasteiger partial charge on any atom is 0.140 e.